The molecule has 1 spiro atoms. The molecule has 3 aliphatic rings. The average Bonchev–Trinajstić information content (AvgIpc) is 3.64. The van der Waals surface area contributed by atoms with Crippen molar-refractivity contribution < 1.29 is 28.3 Å². The summed E-state index contributed by atoms with van der Waals surface area (Å²) in [6.45, 7) is 10.9. The molecule has 1 aromatic heterocycles. The van der Waals surface area contributed by atoms with Gasteiger partial charge in [-0.15, -0.1) is 0 Å². The van der Waals surface area contributed by atoms with E-state index in [0.717, 1.165) is 12.8 Å². The van der Waals surface area contributed by atoms with E-state index in [1.165, 1.54) is 5.57 Å². The quantitative estimate of drug-likeness (QED) is 0.408. The Balaban J connectivity index is 1.43. The van der Waals surface area contributed by atoms with Gasteiger partial charge < -0.3 is 24.3 Å². The van der Waals surface area contributed by atoms with Crippen LogP contribution in [0.2, 0.25) is 0 Å². The number of epoxide rings is 2. The summed E-state index contributed by atoms with van der Waals surface area (Å²) >= 11 is 0. The Morgan fingerprint density at radius 1 is 1.38 bits per heavy atom. The highest BCUT2D eigenvalue weighted by molar-refractivity contribution is 5.68. The molecule has 0 radical (unpaired) electrons. The zero-order valence-corrected chi connectivity index (χ0v) is 20.9. The zero-order chi connectivity index (χ0) is 24.7. The van der Waals surface area contributed by atoms with Gasteiger partial charge in [-0.25, -0.2) is 9.59 Å². The largest absolute Gasteiger partial charge is 0.443 e. The van der Waals surface area contributed by atoms with Crippen molar-refractivity contribution in [3.63, 3.8) is 0 Å². The minimum Gasteiger partial charge on any atom is -0.443 e. The van der Waals surface area contributed by atoms with Gasteiger partial charge >= 0.3 is 11.8 Å². The van der Waals surface area contributed by atoms with E-state index in [-0.39, 0.29) is 41.3 Å². The van der Waals surface area contributed by atoms with Gasteiger partial charge in [-0.3, -0.25) is 9.51 Å². The number of ether oxygens (including phenoxy) is 4. The Kier molecular flexibility index (Phi) is 6.94. The molecule has 1 saturated carbocycles. The molecule has 2 aliphatic heterocycles. The summed E-state index contributed by atoms with van der Waals surface area (Å²) in [6.07, 6.45) is 3.61. The second-order valence-corrected chi connectivity index (χ2v) is 10.6. The number of carbonyl (C=O) groups excluding carboxylic acids is 1. The van der Waals surface area contributed by atoms with E-state index in [9.17, 15) is 9.59 Å². The molecular formula is C24H37N3O7. The van der Waals surface area contributed by atoms with E-state index in [4.69, 9.17) is 18.9 Å². The highest BCUT2D eigenvalue weighted by Gasteiger charge is 2.72. The van der Waals surface area contributed by atoms with Crippen LogP contribution in [0.3, 0.4) is 0 Å². The van der Waals surface area contributed by atoms with Gasteiger partial charge in [-0.05, 0) is 46.0 Å². The number of amides is 1. The first kappa shape index (κ1) is 24.9. The van der Waals surface area contributed by atoms with Crippen LogP contribution in [-0.2, 0) is 25.4 Å². The van der Waals surface area contributed by atoms with Gasteiger partial charge in [0.2, 0.25) is 0 Å². The van der Waals surface area contributed by atoms with Crippen LogP contribution in [0.25, 0.3) is 0 Å². The van der Waals surface area contributed by atoms with Gasteiger partial charge in [0.1, 0.15) is 23.4 Å². The van der Waals surface area contributed by atoms with Crippen molar-refractivity contribution in [1.29, 1.82) is 0 Å². The van der Waals surface area contributed by atoms with Crippen LogP contribution in [0, 0.1) is 11.8 Å². The molecule has 2 unspecified atom stereocenters. The summed E-state index contributed by atoms with van der Waals surface area (Å²) in [5.41, 5.74) is 0.598. The Labute approximate surface area is 199 Å². The molecule has 10 heteroatoms. The van der Waals surface area contributed by atoms with Crippen molar-refractivity contribution in [3.05, 3.63) is 28.0 Å². The standard InChI is InChI=1S/C24H37N3O7/c1-13(2)7-8-17-23(5,33-17)20-19(30-6)16(9-10-24(20)12-31-24)32-21(28)25-15(14(3)4)11-18-26-22(29)34-27-18/h7,14-17,19-20H,8-12H2,1-6H3,(H,25,28)(H,26,27,29)/t15?,16-,17-,19-,20?,23+,24+/m1/s1. The van der Waals surface area contributed by atoms with Gasteiger partial charge in [0.25, 0.3) is 0 Å². The zero-order valence-electron chi connectivity index (χ0n) is 20.9. The molecule has 3 fully saturated rings. The molecule has 2 saturated heterocycles. The molecule has 0 bridgehead atoms. The molecule has 10 nitrogen and oxygen atoms in total. The number of rotatable bonds is 9. The van der Waals surface area contributed by atoms with E-state index >= 15 is 0 Å². The summed E-state index contributed by atoms with van der Waals surface area (Å²) < 4.78 is 28.6. The van der Waals surface area contributed by atoms with E-state index < -0.39 is 18.0 Å². The maximum absolute atomic E-state index is 12.9. The minimum absolute atomic E-state index is 0.0341. The van der Waals surface area contributed by atoms with Crippen LogP contribution in [0.5, 0.6) is 0 Å². The van der Waals surface area contributed by atoms with Gasteiger partial charge in [0.05, 0.1) is 18.6 Å². The molecule has 7 atom stereocenters. The molecule has 1 amide bonds. The topological polar surface area (TPSA) is 132 Å². The lowest BCUT2D eigenvalue weighted by atomic mass is 9.68. The number of aromatic nitrogens is 2. The van der Waals surface area contributed by atoms with Crippen molar-refractivity contribution in [2.24, 2.45) is 11.8 Å². The van der Waals surface area contributed by atoms with Gasteiger partial charge in [-0.2, -0.15) is 0 Å². The number of aromatic amines is 1. The van der Waals surface area contributed by atoms with Crippen molar-refractivity contribution in [2.45, 2.75) is 95.9 Å². The third-order valence-electron chi connectivity index (χ3n) is 7.50. The first-order valence-corrected chi connectivity index (χ1v) is 12.1. The van der Waals surface area contributed by atoms with E-state index in [2.05, 4.69) is 46.8 Å². The molecule has 34 heavy (non-hydrogen) atoms. The fourth-order valence-corrected chi connectivity index (χ4v) is 5.40. The molecule has 4 rings (SSSR count). The van der Waals surface area contributed by atoms with E-state index in [0.29, 0.717) is 25.3 Å². The lowest BCUT2D eigenvalue weighted by Gasteiger charge is -2.42. The highest BCUT2D eigenvalue weighted by Crippen LogP contribution is 2.59. The number of carbonyl (C=O) groups is 1. The second-order valence-electron chi connectivity index (χ2n) is 10.6. The van der Waals surface area contributed by atoms with E-state index in [1.54, 1.807) is 7.11 Å². The average molecular weight is 480 g/mol. The first-order chi connectivity index (χ1) is 16.1. The van der Waals surface area contributed by atoms with E-state index in [1.807, 2.05) is 13.8 Å². The van der Waals surface area contributed by atoms with Crippen LogP contribution >= 0.6 is 0 Å². The SMILES string of the molecule is CO[C@H]1C([C@@]2(C)O[C@@H]2CC=C(C)C)[C@]2(CC[C@H]1OC(=O)NC(Cc1noc(=O)[nH]1)C(C)C)CO2. The van der Waals surface area contributed by atoms with Crippen LogP contribution in [-0.4, -0.2) is 65.5 Å². The lowest BCUT2D eigenvalue weighted by Crippen LogP contribution is -2.56. The minimum atomic E-state index is -0.619. The number of allylic oxidation sites excluding steroid dienone is 1. The van der Waals surface area contributed by atoms with Crippen molar-refractivity contribution >= 4 is 6.09 Å². The molecule has 190 valence electrons. The van der Waals surface area contributed by atoms with Gasteiger partial charge in [0, 0.05) is 19.6 Å². The maximum atomic E-state index is 12.9. The smallest absolute Gasteiger partial charge is 0.438 e. The van der Waals surface area contributed by atoms with Crippen LogP contribution in [0.1, 0.15) is 59.7 Å². The Morgan fingerprint density at radius 3 is 2.68 bits per heavy atom. The molecule has 2 N–H and O–H groups in total. The fraction of sp³-hybridized carbons (Fsp3) is 0.792. The van der Waals surface area contributed by atoms with Crippen LogP contribution in [0.4, 0.5) is 4.79 Å². The van der Waals surface area contributed by atoms with Crippen LogP contribution in [0.15, 0.2) is 21.0 Å². The predicted octanol–water partition coefficient (Wildman–Crippen LogP) is 2.73. The number of nitrogens with one attached hydrogen (secondary N) is 2. The maximum Gasteiger partial charge on any atom is 0.438 e. The molecular weight excluding hydrogens is 442 g/mol. The monoisotopic (exact) mass is 479 g/mol. The predicted molar refractivity (Wildman–Crippen MR) is 122 cm³/mol. The molecule has 1 aliphatic carbocycles. The Bertz CT molecular complexity index is 962. The molecule has 3 heterocycles. The lowest BCUT2D eigenvalue weighted by molar-refractivity contribution is -0.118. The summed E-state index contributed by atoms with van der Waals surface area (Å²) in [6, 6.07) is -0.288. The highest BCUT2D eigenvalue weighted by atomic mass is 16.6. The number of nitrogens with zero attached hydrogens (tertiary/aromatic N) is 1. The number of H-pyrrole nitrogens is 1. The summed E-state index contributed by atoms with van der Waals surface area (Å²) in [7, 11) is 1.65. The normalized spacial score (nSPS) is 35.1. The molecule has 1 aromatic rings. The summed E-state index contributed by atoms with van der Waals surface area (Å²) in [4.78, 5) is 26.7. The Morgan fingerprint density at radius 2 is 2.12 bits per heavy atom. The van der Waals surface area contributed by atoms with Crippen LogP contribution < -0.4 is 11.1 Å². The second kappa shape index (κ2) is 9.47. The summed E-state index contributed by atoms with van der Waals surface area (Å²) in [5.74, 6) is -0.187. The third kappa shape index (κ3) is 5.08. The van der Waals surface area contributed by atoms with Gasteiger partial charge in [0.15, 0.2) is 5.82 Å². The molecule has 0 aromatic carbocycles. The third-order valence-corrected chi connectivity index (χ3v) is 7.50. The summed E-state index contributed by atoms with van der Waals surface area (Å²) in [5, 5.41) is 6.62. The number of alkyl carbamates (subject to hydrolysis) is 1. The first-order valence-electron chi connectivity index (χ1n) is 12.1. The number of hydrogen-bond acceptors (Lipinski definition) is 8. The van der Waals surface area contributed by atoms with Crippen molar-refractivity contribution in [1.82, 2.24) is 15.5 Å². The number of hydrogen-bond donors (Lipinski definition) is 2. The Hall–Kier alpha value is -2.17. The van der Waals surface area contributed by atoms with Gasteiger partial charge in [-0.1, -0.05) is 30.7 Å². The fourth-order valence-electron chi connectivity index (χ4n) is 5.40. The number of methoxy groups -OCH3 is 1. The van der Waals surface area contributed by atoms with Crippen molar-refractivity contribution in [3.8, 4) is 0 Å². The van der Waals surface area contributed by atoms with Crippen molar-refractivity contribution in [2.75, 3.05) is 13.7 Å².